The van der Waals surface area contributed by atoms with Crippen molar-refractivity contribution >= 4 is 13.8 Å². The van der Waals surface area contributed by atoms with Crippen LogP contribution in [0.15, 0.2) is 36.5 Å². The Bertz CT molecular complexity index is 926. The van der Waals surface area contributed by atoms with Gasteiger partial charge >= 0.3 is 13.8 Å². The molecule has 318 valence electrons. The van der Waals surface area contributed by atoms with Gasteiger partial charge in [0.05, 0.1) is 19.8 Å². The van der Waals surface area contributed by atoms with Gasteiger partial charge in [-0.1, -0.05) is 185 Å². The number of esters is 1. The maximum atomic E-state index is 12.6. The third-order valence-electron chi connectivity index (χ3n) is 9.56. The summed E-state index contributed by atoms with van der Waals surface area (Å²) in [6.45, 7) is 4.89. The maximum absolute atomic E-state index is 12.6. The molecule has 0 aromatic heterocycles. The fourth-order valence-corrected chi connectivity index (χ4v) is 7.00. The Morgan fingerprint density at radius 3 is 1.50 bits per heavy atom. The standard InChI is InChI=1S/C45H86NO7P/c1-3-5-7-9-11-13-15-17-19-21-23-25-27-29-31-33-35-37-40-50-42-44(43-52-54(48,49)51-41-39-46)53-45(47)38-36-34-32-30-28-26-24-22-20-18-16-14-12-10-8-6-4-2/h12,14,18,20,24,26,44H,3-11,13,15-17,19,21-23,25,27-43,46H2,1-2H3,(H,48,49)/b14-12-,20-18-,26-24-/t44-/m1/s1. The Kier molecular flexibility index (Phi) is 41.8. The number of carbonyl (C=O) groups is 1. The Hall–Kier alpha value is -1.28. The van der Waals surface area contributed by atoms with Crippen molar-refractivity contribution < 1.29 is 32.8 Å². The molecule has 1 unspecified atom stereocenters. The highest BCUT2D eigenvalue weighted by atomic mass is 31.2. The first-order chi connectivity index (χ1) is 26.4. The zero-order valence-electron chi connectivity index (χ0n) is 35.2. The lowest BCUT2D eigenvalue weighted by atomic mass is 10.0. The molecule has 0 rings (SSSR count). The first-order valence-electron chi connectivity index (χ1n) is 22.5. The molecule has 2 atom stereocenters. The minimum Gasteiger partial charge on any atom is -0.457 e. The molecule has 0 aliphatic carbocycles. The minimum atomic E-state index is -4.28. The molecule has 54 heavy (non-hydrogen) atoms. The van der Waals surface area contributed by atoms with E-state index >= 15 is 0 Å². The minimum absolute atomic E-state index is 0.0971. The van der Waals surface area contributed by atoms with Gasteiger partial charge in [0, 0.05) is 19.6 Å². The van der Waals surface area contributed by atoms with Gasteiger partial charge in [0.25, 0.3) is 0 Å². The summed E-state index contributed by atoms with van der Waals surface area (Å²) < 4.78 is 33.4. The molecule has 0 aliphatic rings. The average molecular weight is 784 g/mol. The molecule has 0 fully saturated rings. The lowest BCUT2D eigenvalue weighted by Gasteiger charge is -2.20. The molecular weight excluding hydrogens is 697 g/mol. The Morgan fingerprint density at radius 2 is 0.981 bits per heavy atom. The van der Waals surface area contributed by atoms with Crippen LogP contribution in [0.4, 0.5) is 0 Å². The molecule has 9 heteroatoms. The van der Waals surface area contributed by atoms with Crippen molar-refractivity contribution in [3.8, 4) is 0 Å². The van der Waals surface area contributed by atoms with Crippen LogP contribution in [0.2, 0.25) is 0 Å². The molecule has 3 N–H and O–H groups in total. The second kappa shape index (κ2) is 42.9. The zero-order valence-corrected chi connectivity index (χ0v) is 36.1. The van der Waals surface area contributed by atoms with Gasteiger partial charge in [0.1, 0.15) is 6.10 Å². The smallest absolute Gasteiger partial charge is 0.457 e. The zero-order chi connectivity index (χ0) is 39.5. The number of carbonyl (C=O) groups excluding carboxylic acids is 1. The largest absolute Gasteiger partial charge is 0.472 e. The van der Waals surface area contributed by atoms with Crippen molar-refractivity contribution in [1.82, 2.24) is 0 Å². The van der Waals surface area contributed by atoms with Crippen LogP contribution in [-0.2, 0) is 27.9 Å². The molecule has 0 saturated carbocycles. The number of nitrogens with two attached hydrogens (primary N) is 1. The summed E-state index contributed by atoms with van der Waals surface area (Å²) in [6, 6.07) is 0. The van der Waals surface area contributed by atoms with Crippen molar-refractivity contribution in [3.63, 3.8) is 0 Å². The van der Waals surface area contributed by atoms with E-state index in [0.29, 0.717) is 13.0 Å². The molecular formula is C45H86NO7P. The van der Waals surface area contributed by atoms with Gasteiger partial charge in [-0.15, -0.1) is 0 Å². The van der Waals surface area contributed by atoms with E-state index < -0.39 is 13.9 Å². The van der Waals surface area contributed by atoms with E-state index in [4.69, 9.17) is 24.3 Å². The van der Waals surface area contributed by atoms with Crippen molar-refractivity contribution in [2.75, 3.05) is 33.0 Å². The fraction of sp³-hybridized carbons (Fsp3) is 0.844. The van der Waals surface area contributed by atoms with E-state index in [1.165, 1.54) is 128 Å². The summed E-state index contributed by atoms with van der Waals surface area (Å²) in [7, 11) is -4.28. The van der Waals surface area contributed by atoms with Crippen molar-refractivity contribution in [1.29, 1.82) is 0 Å². The summed E-state index contributed by atoms with van der Waals surface area (Å²) in [5.41, 5.74) is 5.37. The van der Waals surface area contributed by atoms with Crippen LogP contribution in [0.1, 0.15) is 206 Å². The number of unbranched alkanes of at least 4 members (excludes halogenated alkanes) is 24. The number of hydrogen-bond acceptors (Lipinski definition) is 7. The second-order valence-corrected chi connectivity index (χ2v) is 16.4. The van der Waals surface area contributed by atoms with Gasteiger partial charge in [-0.05, 0) is 51.4 Å². The molecule has 0 aromatic carbocycles. The molecule has 0 aromatic rings. The molecule has 8 nitrogen and oxygen atoms in total. The summed E-state index contributed by atoms with van der Waals surface area (Å²) in [5.74, 6) is -0.349. The van der Waals surface area contributed by atoms with E-state index in [-0.39, 0.29) is 32.3 Å². The van der Waals surface area contributed by atoms with Crippen LogP contribution in [0, 0.1) is 0 Å². The predicted molar refractivity (Wildman–Crippen MR) is 229 cm³/mol. The van der Waals surface area contributed by atoms with E-state index in [1.807, 2.05) is 0 Å². The van der Waals surface area contributed by atoms with Gasteiger partial charge < -0.3 is 20.1 Å². The van der Waals surface area contributed by atoms with Crippen molar-refractivity contribution in [2.24, 2.45) is 5.73 Å². The molecule has 0 spiro atoms. The molecule has 0 radical (unpaired) electrons. The average Bonchev–Trinajstić information content (AvgIpc) is 3.16. The number of phosphoric ester groups is 1. The van der Waals surface area contributed by atoms with E-state index in [9.17, 15) is 14.3 Å². The van der Waals surface area contributed by atoms with Crippen LogP contribution in [0.5, 0.6) is 0 Å². The number of phosphoric acid groups is 1. The van der Waals surface area contributed by atoms with Crippen LogP contribution < -0.4 is 5.73 Å². The topological polar surface area (TPSA) is 117 Å². The Balaban J connectivity index is 4.03. The lowest BCUT2D eigenvalue weighted by Crippen LogP contribution is -2.28. The highest BCUT2D eigenvalue weighted by molar-refractivity contribution is 7.47. The van der Waals surface area contributed by atoms with Gasteiger partial charge in [-0.2, -0.15) is 0 Å². The number of allylic oxidation sites excluding steroid dienone is 6. The molecule has 0 saturated heterocycles. The first-order valence-corrected chi connectivity index (χ1v) is 24.0. The van der Waals surface area contributed by atoms with E-state index in [1.54, 1.807) is 0 Å². The Labute approximate surface area is 333 Å². The molecule has 0 bridgehead atoms. The van der Waals surface area contributed by atoms with Crippen LogP contribution >= 0.6 is 7.82 Å². The summed E-state index contributed by atoms with van der Waals surface area (Å²) in [6.07, 6.45) is 48.7. The van der Waals surface area contributed by atoms with E-state index in [0.717, 1.165) is 57.8 Å². The monoisotopic (exact) mass is 784 g/mol. The predicted octanol–water partition coefficient (Wildman–Crippen LogP) is 13.4. The highest BCUT2D eigenvalue weighted by Gasteiger charge is 2.25. The van der Waals surface area contributed by atoms with Crippen LogP contribution in [-0.4, -0.2) is 49.9 Å². The number of ether oxygens (including phenoxy) is 2. The van der Waals surface area contributed by atoms with Crippen LogP contribution in [0.3, 0.4) is 0 Å². The van der Waals surface area contributed by atoms with Gasteiger partial charge in [0.15, 0.2) is 0 Å². The number of hydrogen-bond donors (Lipinski definition) is 2. The third-order valence-corrected chi connectivity index (χ3v) is 10.5. The van der Waals surface area contributed by atoms with Crippen LogP contribution in [0.25, 0.3) is 0 Å². The van der Waals surface area contributed by atoms with Gasteiger partial charge in [-0.25, -0.2) is 4.57 Å². The lowest BCUT2D eigenvalue weighted by molar-refractivity contribution is -0.154. The molecule has 0 heterocycles. The summed E-state index contributed by atoms with van der Waals surface area (Å²) >= 11 is 0. The normalized spacial score (nSPS) is 13.8. The second-order valence-electron chi connectivity index (χ2n) is 14.9. The first kappa shape index (κ1) is 52.7. The van der Waals surface area contributed by atoms with Gasteiger partial charge in [-0.3, -0.25) is 13.8 Å². The maximum Gasteiger partial charge on any atom is 0.472 e. The number of rotatable bonds is 43. The van der Waals surface area contributed by atoms with Gasteiger partial charge in [0.2, 0.25) is 0 Å². The van der Waals surface area contributed by atoms with E-state index in [2.05, 4.69) is 50.3 Å². The summed E-state index contributed by atoms with van der Waals surface area (Å²) in [4.78, 5) is 22.5. The highest BCUT2D eigenvalue weighted by Crippen LogP contribution is 2.43. The van der Waals surface area contributed by atoms with Crippen molar-refractivity contribution in [2.45, 2.75) is 213 Å². The SMILES string of the molecule is CCCCC/C=C\C/C=C\C/C=C\CCCCCCC(=O)O[C@H](COCCCCCCCCCCCCCCCCCCCC)COP(=O)(O)OCCN. The van der Waals surface area contributed by atoms with Crippen molar-refractivity contribution in [3.05, 3.63) is 36.5 Å². The summed E-state index contributed by atoms with van der Waals surface area (Å²) in [5, 5.41) is 0. The molecule has 0 amide bonds. The third kappa shape index (κ3) is 41.9. The Morgan fingerprint density at radius 1 is 0.556 bits per heavy atom. The molecule has 0 aliphatic heterocycles. The fourth-order valence-electron chi connectivity index (χ4n) is 6.24. The quantitative estimate of drug-likeness (QED) is 0.0272.